The van der Waals surface area contributed by atoms with E-state index in [4.69, 9.17) is 16.3 Å². The molecule has 2 aromatic rings. The van der Waals surface area contributed by atoms with E-state index in [1.165, 1.54) is 0 Å². The highest BCUT2D eigenvalue weighted by Gasteiger charge is 2.21. The molecule has 1 heterocycles. The van der Waals surface area contributed by atoms with Crippen molar-refractivity contribution >= 4 is 17.6 Å². The maximum absolute atomic E-state index is 12.1. The van der Waals surface area contributed by atoms with Crippen LogP contribution in [0, 0.1) is 0 Å². The van der Waals surface area contributed by atoms with Crippen LogP contribution in [0.15, 0.2) is 30.5 Å². The van der Waals surface area contributed by atoms with E-state index in [1.807, 2.05) is 28.9 Å². The molecule has 0 bridgehead atoms. The largest absolute Gasteiger partial charge is 0.462 e. The van der Waals surface area contributed by atoms with Gasteiger partial charge in [0.1, 0.15) is 5.56 Å². The van der Waals surface area contributed by atoms with Crippen LogP contribution in [-0.4, -0.2) is 22.4 Å². The van der Waals surface area contributed by atoms with Crippen molar-refractivity contribution < 1.29 is 9.53 Å². The van der Waals surface area contributed by atoms with E-state index < -0.39 is 0 Å². The Balaban J connectivity index is 2.50. The zero-order chi connectivity index (χ0) is 15.2. The van der Waals surface area contributed by atoms with E-state index in [1.54, 1.807) is 13.1 Å². The number of nitrogens with zero attached hydrogens (tertiary/aromatic N) is 2. The van der Waals surface area contributed by atoms with Crippen molar-refractivity contribution in [3.8, 4) is 11.3 Å². The molecule has 0 unspecified atom stereocenters. The summed E-state index contributed by atoms with van der Waals surface area (Å²) in [7, 11) is 0. The minimum Gasteiger partial charge on any atom is -0.462 e. The highest BCUT2D eigenvalue weighted by molar-refractivity contribution is 6.33. The summed E-state index contributed by atoms with van der Waals surface area (Å²) in [5.41, 5.74) is 1.99. The first-order valence-corrected chi connectivity index (χ1v) is 7.54. The van der Waals surface area contributed by atoms with Gasteiger partial charge in [-0.3, -0.25) is 4.68 Å². The molecule has 0 fully saturated rings. The molecule has 1 aromatic carbocycles. The summed E-state index contributed by atoms with van der Waals surface area (Å²) in [4.78, 5) is 12.1. The Bertz CT molecular complexity index is 622. The zero-order valence-electron chi connectivity index (χ0n) is 12.3. The van der Waals surface area contributed by atoms with Gasteiger partial charge < -0.3 is 4.74 Å². The molecule has 112 valence electrons. The average Bonchev–Trinajstić information content (AvgIpc) is 2.89. The van der Waals surface area contributed by atoms with Crippen LogP contribution in [-0.2, 0) is 11.3 Å². The van der Waals surface area contributed by atoms with E-state index in [0.29, 0.717) is 17.2 Å². The third-order valence-electron chi connectivity index (χ3n) is 3.19. The number of hydrogen-bond acceptors (Lipinski definition) is 3. The van der Waals surface area contributed by atoms with Gasteiger partial charge in [-0.05, 0) is 19.4 Å². The molecular formula is C16H19ClN2O2. The number of aryl methyl sites for hydroxylation is 1. The van der Waals surface area contributed by atoms with Crippen LogP contribution in [0.4, 0.5) is 0 Å². The summed E-state index contributed by atoms with van der Waals surface area (Å²) in [6, 6.07) is 7.46. The van der Waals surface area contributed by atoms with Crippen molar-refractivity contribution in [1.29, 1.82) is 0 Å². The van der Waals surface area contributed by atoms with Crippen molar-refractivity contribution in [2.45, 2.75) is 33.2 Å². The summed E-state index contributed by atoms with van der Waals surface area (Å²) >= 11 is 6.28. The van der Waals surface area contributed by atoms with Gasteiger partial charge in [-0.25, -0.2) is 4.79 Å². The minimum atomic E-state index is -0.366. The summed E-state index contributed by atoms with van der Waals surface area (Å²) in [5.74, 6) is -0.366. The Morgan fingerprint density at radius 2 is 2.10 bits per heavy atom. The van der Waals surface area contributed by atoms with E-state index in [9.17, 15) is 4.79 Å². The fraction of sp³-hybridized carbons (Fsp3) is 0.375. The number of esters is 1. The van der Waals surface area contributed by atoms with Gasteiger partial charge in [0.2, 0.25) is 0 Å². The van der Waals surface area contributed by atoms with Gasteiger partial charge in [0.05, 0.1) is 18.5 Å². The van der Waals surface area contributed by atoms with E-state index >= 15 is 0 Å². The highest BCUT2D eigenvalue weighted by Crippen LogP contribution is 2.31. The van der Waals surface area contributed by atoms with Crippen LogP contribution in [0.2, 0.25) is 5.02 Å². The third-order valence-corrected chi connectivity index (χ3v) is 3.52. The third kappa shape index (κ3) is 3.45. The lowest BCUT2D eigenvalue weighted by Gasteiger charge is -2.10. The maximum atomic E-state index is 12.1. The molecule has 2 rings (SSSR count). The Hall–Kier alpha value is -1.81. The first kappa shape index (κ1) is 15.6. The number of carbonyl (C=O) groups is 1. The van der Waals surface area contributed by atoms with Gasteiger partial charge in [-0.15, -0.1) is 0 Å². The predicted molar refractivity (Wildman–Crippen MR) is 83.5 cm³/mol. The highest BCUT2D eigenvalue weighted by atomic mass is 35.5. The molecule has 1 aromatic heterocycles. The van der Waals surface area contributed by atoms with E-state index in [0.717, 1.165) is 30.6 Å². The van der Waals surface area contributed by atoms with Crippen LogP contribution < -0.4 is 0 Å². The number of unbranched alkanes of at least 4 members (excludes halogenated alkanes) is 1. The monoisotopic (exact) mass is 306 g/mol. The van der Waals surface area contributed by atoms with Crippen molar-refractivity contribution in [2.75, 3.05) is 6.61 Å². The molecule has 4 nitrogen and oxygen atoms in total. The van der Waals surface area contributed by atoms with Gasteiger partial charge in [0.25, 0.3) is 0 Å². The second kappa shape index (κ2) is 7.27. The maximum Gasteiger partial charge on any atom is 0.341 e. The second-order valence-electron chi connectivity index (χ2n) is 4.68. The lowest BCUT2D eigenvalue weighted by Crippen LogP contribution is -2.08. The summed E-state index contributed by atoms with van der Waals surface area (Å²) in [5, 5.41) is 4.93. The Kier molecular flexibility index (Phi) is 5.39. The quantitative estimate of drug-likeness (QED) is 0.752. The van der Waals surface area contributed by atoms with Crippen LogP contribution in [0.1, 0.15) is 37.0 Å². The molecular weight excluding hydrogens is 288 g/mol. The molecule has 0 aliphatic carbocycles. The lowest BCUT2D eigenvalue weighted by atomic mass is 10.1. The second-order valence-corrected chi connectivity index (χ2v) is 5.09. The number of hydrogen-bond donors (Lipinski definition) is 0. The van der Waals surface area contributed by atoms with Crippen molar-refractivity contribution in [3.63, 3.8) is 0 Å². The molecule has 0 spiro atoms. The molecule has 0 saturated heterocycles. The van der Waals surface area contributed by atoms with Crippen molar-refractivity contribution in [2.24, 2.45) is 0 Å². The summed E-state index contributed by atoms with van der Waals surface area (Å²) < 4.78 is 6.94. The number of ether oxygens (including phenoxy) is 1. The fourth-order valence-electron chi connectivity index (χ4n) is 2.16. The zero-order valence-corrected chi connectivity index (χ0v) is 13.1. The van der Waals surface area contributed by atoms with E-state index in [2.05, 4.69) is 12.0 Å². The van der Waals surface area contributed by atoms with E-state index in [-0.39, 0.29) is 5.97 Å². The minimum absolute atomic E-state index is 0.334. The number of carbonyl (C=O) groups excluding carboxylic acids is 1. The fourth-order valence-corrected chi connectivity index (χ4v) is 2.38. The van der Waals surface area contributed by atoms with Crippen LogP contribution in [0.5, 0.6) is 0 Å². The summed E-state index contributed by atoms with van der Waals surface area (Å²) in [6.07, 6.45) is 3.60. The van der Waals surface area contributed by atoms with Crippen LogP contribution in [0.3, 0.4) is 0 Å². The number of rotatable bonds is 6. The van der Waals surface area contributed by atoms with Crippen LogP contribution >= 0.6 is 11.6 Å². The first-order chi connectivity index (χ1) is 10.2. The molecule has 0 saturated carbocycles. The van der Waals surface area contributed by atoms with Crippen LogP contribution in [0.25, 0.3) is 11.3 Å². The topological polar surface area (TPSA) is 44.1 Å². The molecule has 0 aliphatic heterocycles. The Labute approximate surface area is 129 Å². The number of aromatic nitrogens is 2. The smallest absolute Gasteiger partial charge is 0.341 e. The lowest BCUT2D eigenvalue weighted by molar-refractivity contribution is 0.0527. The normalized spacial score (nSPS) is 10.6. The first-order valence-electron chi connectivity index (χ1n) is 7.16. The van der Waals surface area contributed by atoms with Gasteiger partial charge in [-0.2, -0.15) is 5.10 Å². The SMILES string of the molecule is CCCCn1ncc(C(=O)OCC)c1-c1ccccc1Cl. The van der Waals surface area contributed by atoms with Gasteiger partial charge in [0.15, 0.2) is 0 Å². The number of benzene rings is 1. The van der Waals surface area contributed by atoms with Crippen molar-refractivity contribution in [1.82, 2.24) is 9.78 Å². The number of halogens is 1. The Morgan fingerprint density at radius 1 is 1.33 bits per heavy atom. The molecule has 5 heteroatoms. The molecule has 0 radical (unpaired) electrons. The summed E-state index contributed by atoms with van der Waals surface area (Å²) in [6.45, 7) is 4.98. The van der Waals surface area contributed by atoms with Gasteiger partial charge in [0, 0.05) is 17.1 Å². The van der Waals surface area contributed by atoms with Gasteiger partial charge >= 0.3 is 5.97 Å². The predicted octanol–water partition coefficient (Wildman–Crippen LogP) is 4.18. The molecule has 0 amide bonds. The molecule has 0 atom stereocenters. The average molecular weight is 307 g/mol. The van der Waals surface area contributed by atoms with Gasteiger partial charge in [-0.1, -0.05) is 43.1 Å². The molecule has 0 aliphatic rings. The standard InChI is InChI=1S/C16H19ClN2O2/c1-3-5-10-19-15(12-8-6-7-9-14(12)17)13(11-18-19)16(20)21-4-2/h6-9,11H,3-5,10H2,1-2H3. The van der Waals surface area contributed by atoms with Crippen molar-refractivity contribution in [3.05, 3.63) is 41.0 Å². The molecule has 0 N–H and O–H groups in total. The Morgan fingerprint density at radius 3 is 2.76 bits per heavy atom. The molecule has 21 heavy (non-hydrogen) atoms.